The van der Waals surface area contributed by atoms with Crippen LogP contribution in [0.5, 0.6) is 0 Å². The first-order chi connectivity index (χ1) is 22.8. The van der Waals surface area contributed by atoms with E-state index < -0.39 is 0 Å². The molecule has 6 rings (SSSR count). The van der Waals surface area contributed by atoms with Crippen molar-refractivity contribution in [2.75, 3.05) is 0 Å². The van der Waals surface area contributed by atoms with Crippen LogP contribution in [0.2, 0.25) is 0 Å². The van der Waals surface area contributed by atoms with Gasteiger partial charge in [-0.15, -0.1) is 0 Å². The lowest BCUT2D eigenvalue weighted by Gasteiger charge is -2.34. The van der Waals surface area contributed by atoms with E-state index >= 15 is 0 Å². The molecule has 6 aromatic carbocycles. The Morgan fingerprint density at radius 1 is 0.217 bits per heavy atom. The second kappa shape index (κ2) is 17.5. The molecule has 0 aliphatic rings. The highest BCUT2D eigenvalue weighted by Crippen LogP contribution is 2.65. The Bertz CT molecular complexity index is 1400. The van der Waals surface area contributed by atoms with Gasteiger partial charge in [-0.25, -0.2) is 0 Å². The van der Waals surface area contributed by atoms with Crippen molar-refractivity contribution in [3.63, 3.8) is 0 Å². The van der Waals surface area contributed by atoms with Gasteiger partial charge in [-0.2, -0.15) is 0 Å². The highest BCUT2D eigenvalue weighted by Gasteiger charge is 2.39. The van der Waals surface area contributed by atoms with Crippen molar-refractivity contribution in [3.8, 4) is 0 Å². The van der Waals surface area contributed by atoms with Crippen molar-refractivity contribution in [2.45, 2.75) is 9.49 Å². The Morgan fingerprint density at radius 3 is 0.587 bits per heavy atom. The average molecular weight is 743 g/mol. The van der Waals surface area contributed by atoms with Crippen LogP contribution in [0.1, 0.15) is 33.4 Å². The van der Waals surface area contributed by atoms with Crippen LogP contribution in [-0.2, 0) is 9.49 Å². The largest absolute Gasteiger partial charge is 0.102 e. The molecule has 0 aliphatic heterocycles. The zero-order valence-corrected chi connectivity index (χ0v) is 31.1. The van der Waals surface area contributed by atoms with Crippen molar-refractivity contribution in [1.29, 1.82) is 0 Å². The van der Waals surface area contributed by atoms with Crippen LogP contribution in [-0.4, -0.2) is 0 Å². The molecule has 0 amide bonds. The van der Waals surface area contributed by atoms with Crippen molar-refractivity contribution in [2.24, 2.45) is 0 Å². The fourth-order valence-electron chi connectivity index (χ4n) is 5.50. The summed E-state index contributed by atoms with van der Waals surface area (Å²) in [5, 5.41) is 0. The maximum Gasteiger partial charge on any atom is 0.102 e. The number of rotatable bonds is 15. The number of hydrogen-bond acceptors (Lipinski definition) is 8. The quantitative estimate of drug-likeness (QED) is 0.0572. The number of hydrogen-bond donors (Lipinski definition) is 0. The van der Waals surface area contributed by atoms with Gasteiger partial charge in [0.1, 0.15) is 9.49 Å². The van der Waals surface area contributed by atoms with Gasteiger partial charge in [0.25, 0.3) is 0 Å². The molecule has 0 saturated heterocycles. The first-order valence-corrected chi connectivity index (χ1v) is 24.7. The van der Waals surface area contributed by atoms with Crippen LogP contribution in [0.3, 0.4) is 0 Å². The van der Waals surface area contributed by atoms with E-state index in [4.69, 9.17) is 0 Å². The van der Waals surface area contributed by atoms with Gasteiger partial charge < -0.3 is 0 Å². The summed E-state index contributed by atoms with van der Waals surface area (Å²) >= 11 is 0. The first kappa shape index (κ1) is 34.0. The van der Waals surface area contributed by atoms with Crippen LogP contribution in [0.4, 0.5) is 0 Å². The molecule has 0 unspecified atom stereocenters. The second-order valence-corrected chi connectivity index (χ2v) is 23.3. The Balaban J connectivity index is 1.14. The first-order valence-electron chi connectivity index (χ1n) is 14.5. The summed E-state index contributed by atoms with van der Waals surface area (Å²) in [5.74, 6) is 0. The maximum absolute atomic E-state index is 2.25. The maximum atomic E-state index is 2.25. The topological polar surface area (TPSA) is 0 Å². The molecular weight excluding hydrogens is 713 g/mol. The monoisotopic (exact) mass is 742 g/mol. The third-order valence-electron chi connectivity index (χ3n) is 7.54. The molecule has 0 nitrogen and oxygen atoms in total. The van der Waals surface area contributed by atoms with Crippen LogP contribution >= 0.6 is 80.5 Å². The van der Waals surface area contributed by atoms with E-state index in [2.05, 4.69) is 182 Å². The SMILES string of the molecule is c1ccc(C(SSSSSSSSC(c2ccccc2)(c2ccccc2)c2ccccc2)(c2ccccc2)c2ccccc2)cc1. The van der Waals surface area contributed by atoms with E-state index in [1.807, 2.05) is 80.5 Å². The third kappa shape index (κ3) is 7.87. The van der Waals surface area contributed by atoms with Gasteiger partial charge in [-0.1, -0.05) is 204 Å². The molecule has 0 N–H and O–H groups in total. The zero-order chi connectivity index (χ0) is 31.3. The van der Waals surface area contributed by atoms with Gasteiger partial charge in [-0.05, 0) is 92.3 Å². The summed E-state index contributed by atoms with van der Waals surface area (Å²) in [5.41, 5.74) is 7.69. The molecule has 0 bridgehead atoms. The summed E-state index contributed by atoms with van der Waals surface area (Å²) in [6, 6.07) is 65.3. The highest BCUT2D eigenvalue weighted by atomic mass is 34.0. The molecule has 0 spiro atoms. The minimum atomic E-state index is -0.328. The molecule has 6 aromatic rings. The molecule has 0 saturated carbocycles. The van der Waals surface area contributed by atoms with Crippen LogP contribution < -0.4 is 0 Å². The van der Waals surface area contributed by atoms with E-state index in [0.29, 0.717) is 0 Å². The third-order valence-corrected chi connectivity index (χ3v) is 23.8. The van der Waals surface area contributed by atoms with E-state index in [9.17, 15) is 0 Å². The summed E-state index contributed by atoms with van der Waals surface area (Å²) in [7, 11) is 14.8. The summed E-state index contributed by atoms with van der Waals surface area (Å²) in [6.45, 7) is 0. The Morgan fingerprint density at radius 2 is 0.391 bits per heavy atom. The Kier molecular flexibility index (Phi) is 12.9. The van der Waals surface area contributed by atoms with Crippen LogP contribution in [0, 0.1) is 0 Å². The molecule has 230 valence electrons. The Hall–Kier alpha value is -1.88. The van der Waals surface area contributed by atoms with Crippen LogP contribution in [0.15, 0.2) is 182 Å². The molecule has 0 heterocycles. The van der Waals surface area contributed by atoms with Gasteiger partial charge in [-0.3, -0.25) is 0 Å². The summed E-state index contributed by atoms with van der Waals surface area (Å²) < 4.78 is -0.657. The normalized spacial score (nSPS) is 11.7. The lowest BCUT2D eigenvalue weighted by molar-refractivity contribution is 0.903. The average Bonchev–Trinajstić information content (AvgIpc) is 3.15. The molecular formula is C38H30S8. The van der Waals surface area contributed by atoms with Crippen molar-refractivity contribution in [1.82, 2.24) is 0 Å². The molecule has 0 radical (unpaired) electrons. The summed E-state index contributed by atoms with van der Waals surface area (Å²) in [4.78, 5) is 0. The van der Waals surface area contributed by atoms with Gasteiger partial charge in [0, 0.05) is 0 Å². The van der Waals surface area contributed by atoms with Gasteiger partial charge in [0.15, 0.2) is 0 Å². The van der Waals surface area contributed by atoms with Gasteiger partial charge >= 0.3 is 0 Å². The zero-order valence-electron chi connectivity index (χ0n) is 24.6. The Labute approximate surface area is 302 Å². The van der Waals surface area contributed by atoms with E-state index in [1.165, 1.54) is 33.4 Å². The molecule has 0 atom stereocenters. The lowest BCUT2D eigenvalue weighted by atomic mass is 9.84. The van der Waals surface area contributed by atoms with E-state index in [-0.39, 0.29) is 9.49 Å². The van der Waals surface area contributed by atoms with Crippen molar-refractivity contribution in [3.05, 3.63) is 215 Å². The molecule has 46 heavy (non-hydrogen) atoms. The smallest absolute Gasteiger partial charge is 0.0622 e. The lowest BCUT2D eigenvalue weighted by Crippen LogP contribution is -2.24. The van der Waals surface area contributed by atoms with Crippen LogP contribution in [0.25, 0.3) is 0 Å². The van der Waals surface area contributed by atoms with E-state index in [1.54, 1.807) is 0 Å². The second-order valence-electron chi connectivity index (χ2n) is 10.1. The van der Waals surface area contributed by atoms with Gasteiger partial charge in [0.2, 0.25) is 0 Å². The standard InChI is InChI=1S/C38H30S8/c1-7-19-31(20-8-1)37(32-21-9-2-10-22-32,33-23-11-3-12-24-33)39-41-43-45-46-44-42-40-38(34-25-13-4-14-26-34,35-27-15-5-16-28-35)36-29-17-6-18-30-36/h1-30H. The minimum absolute atomic E-state index is 0.328. The van der Waals surface area contributed by atoms with E-state index in [0.717, 1.165) is 0 Å². The number of benzene rings is 6. The molecule has 0 fully saturated rings. The van der Waals surface area contributed by atoms with Gasteiger partial charge in [0.05, 0.1) is 0 Å². The predicted octanol–water partition coefficient (Wildman–Crippen LogP) is 14.2. The molecule has 8 heteroatoms. The minimum Gasteiger partial charge on any atom is -0.0622 e. The fraction of sp³-hybridized carbons (Fsp3) is 0.0526. The molecule has 0 aliphatic carbocycles. The van der Waals surface area contributed by atoms with Crippen molar-refractivity contribution < 1.29 is 0 Å². The predicted molar refractivity (Wildman–Crippen MR) is 219 cm³/mol. The highest BCUT2D eigenvalue weighted by molar-refractivity contribution is 9.48. The fourth-order valence-corrected chi connectivity index (χ4v) is 24.5. The summed E-state index contributed by atoms with van der Waals surface area (Å²) in [6.07, 6.45) is 0. The molecule has 0 aromatic heterocycles. The van der Waals surface area contributed by atoms with Crippen molar-refractivity contribution >= 4 is 80.5 Å².